The lowest BCUT2D eigenvalue weighted by atomic mass is 10.0. The zero-order valence-electron chi connectivity index (χ0n) is 10.4. The molecule has 0 aromatic carbocycles. The molecule has 0 saturated carbocycles. The molecule has 16 heavy (non-hydrogen) atoms. The average molecular weight is 218 g/mol. The number of hydrogen-bond acceptors (Lipinski definition) is 2. The van der Waals surface area contributed by atoms with Crippen LogP contribution in [0.15, 0.2) is 36.5 Å². The number of rotatable bonds is 7. The topological polar surface area (TPSA) is 24.9 Å². The van der Waals surface area contributed by atoms with Gasteiger partial charge in [0.2, 0.25) is 0 Å². The van der Waals surface area contributed by atoms with Crippen molar-refractivity contribution in [3.8, 4) is 0 Å². The molecule has 2 heteroatoms. The quantitative estimate of drug-likeness (QED) is 0.712. The molecule has 1 N–H and O–H groups in total. The van der Waals surface area contributed by atoms with E-state index in [0.29, 0.717) is 6.04 Å². The van der Waals surface area contributed by atoms with Crippen molar-refractivity contribution in [2.24, 2.45) is 0 Å². The fourth-order valence-corrected chi connectivity index (χ4v) is 1.71. The van der Waals surface area contributed by atoms with Crippen LogP contribution in [0.4, 0.5) is 0 Å². The molecule has 0 aliphatic carbocycles. The maximum absolute atomic E-state index is 4.33. The molecule has 0 aliphatic heterocycles. The highest BCUT2D eigenvalue weighted by Crippen LogP contribution is 2.11. The van der Waals surface area contributed by atoms with Crippen molar-refractivity contribution >= 4 is 0 Å². The van der Waals surface area contributed by atoms with E-state index in [0.717, 1.165) is 25.7 Å². The summed E-state index contributed by atoms with van der Waals surface area (Å²) < 4.78 is 0. The minimum atomic E-state index is 0.523. The van der Waals surface area contributed by atoms with Crippen LogP contribution in [0, 0.1) is 0 Å². The fourth-order valence-electron chi connectivity index (χ4n) is 1.71. The first-order valence-corrected chi connectivity index (χ1v) is 6.00. The van der Waals surface area contributed by atoms with Crippen molar-refractivity contribution in [2.45, 2.75) is 38.6 Å². The number of nitrogens with one attached hydrogen (secondary N) is 1. The second kappa shape index (κ2) is 7.18. The van der Waals surface area contributed by atoms with Gasteiger partial charge in [-0.25, -0.2) is 0 Å². The Hall–Kier alpha value is -1.15. The number of nitrogens with zero attached hydrogens (tertiary/aromatic N) is 1. The lowest BCUT2D eigenvalue weighted by Gasteiger charge is -2.16. The van der Waals surface area contributed by atoms with Gasteiger partial charge in [0.15, 0.2) is 0 Å². The van der Waals surface area contributed by atoms with Crippen molar-refractivity contribution in [3.63, 3.8) is 0 Å². The zero-order chi connectivity index (χ0) is 11.8. The van der Waals surface area contributed by atoms with Gasteiger partial charge in [0.05, 0.1) is 0 Å². The van der Waals surface area contributed by atoms with Crippen LogP contribution in [0.3, 0.4) is 0 Å². The Balaban J connectivity index is 2.37. The monoisotopic (exact) mass is 218 g/mol. The summed E-state index contributed by atoms with van der Waals surface area (Å²) in [7, 11) is 2.02. The highest BCUT2D eigenvalue weighted by atomic mass is 14.9. The Kier molecular flexibility index (Phi) is 5.79. The predicted octanol–water partition coefficient (Wildman–Crippen LogP) is 2.96. The van der Waals surface area contributed by atoms with Gasteiger partial charge >= 0.3 is 0 Å². The van der Waals surface area contributed by atoms with Gasteiger partial charge in [0.25, 0.3) is 0 Å². The molecule has 0 amide bonds. The van der Waals surface area contributed by atoms with E-state index in [-0.39, 0.29) is 0 Å². The minimum absolute atomic E-state index is 0.523. The van der Waals surface area contributed by atoms with Crippen molar-refractivity contribution in [3.05, 3.63) is 42.2 Å². The SMILES string of the molecule is C=C(CC)CC(CCc1ccccn1)NC. The van der Waals surface area contributed by atoms with Crippen molar-refractivity contribution in [1.82, 2.24) is 10.3 Å². The van der Waals surface area contributed by atoms with Crippen LogP contribution in [-0.2, 0) is 6.42 Å². The van der Waals surface area contributed by atoms with Gasteiger partial charge in [-0.2, -0.15) is 0 Å². The summed E-state index contributed by atoms with van der Waals surface area (Å²) in [5.41, 5.74) is 2.49. The maximum Gasteiger partial charge on any atom is 0.0404 e. The third kappa shape index (κ3) is 4.58. The van der Waals surface area contributed by atoms with E-state index in [4.69, 9.17) is 0 Å². The van der Waals surface area contributed by atoms with E-state index in [1.165, 1.54) is 11.3 Å². The van der Waals surface area contributed by atoms with Gasteiger partial charge in [0.1, 0.15) is 0 Å². The van der Waals surface area contributed by atoms with Gasteiger partial charge in [-0.3, -0.25) is 4.98 Å². The largest absolute Gasteiger partial charge is 0.317 e. The molecule has 0 saturated heterocycles. The van der Waals surface area contributed by atoms with E-state index >= 15 is 0 Å². The normalized spacial score (nSPS) is 12.4. The van der Waals surface area contributed by atoms with Crippen LogP contribution in [0.1, 0.15) is 31.9 Å². The minimum Gasteiger partial charge on any atom is -0.317 e. The van der Waals surface area contributed by atoms with E-state index < -0.39 is 0 Å². The van der Waals surface area contributed by atoms with Crippen LogP contribution in [0.2, 0.25) is 0 Å². The lowest BCUT2D eigenvalue weighted by Crippen LogP contribution is -2.26. The molecule has 88 valence electrons. The smallest absolute Gasteiger partial charge is 0.0404 e. The van der Waals surface area contributed by atoms with Gasteiger partial charge in [-0.1, -0.05) is 25.1 Å². The maximum atomic E-state index is 4.33. The zero-order valence-corrected chi connectivity index (χ0v) is 10.4. The van der Waals surface area contributed by atoms with Crippen LogP contribution in [-0.4, -0.2) is 18.1 Å². The first-order chi connectivity index (χ1) is 7.76. The first kappa shape index (κ1) is 12.9. The van der Waals surface area contributed by atoms with E-state index in [1.807, 2.05) is 25.4 Å². The second-order valence-electron chi connectivity index (χ2n) is 4.15. The molecular formula is C14H22N2. The van der Waals surface area contributed by atoms with Crippen LogP contribution in [0.25, 0.3) is 0 Å². The van der Waals surface area contributed by atoms with Crippen LogP contribution >= 0.6 is 0 Å². The highest BCUT2D eigenvalue weighted by Gasteiger charge is 2.07. The molecule has 0 aliphatic rings. The summed E-state index contributed by atoms with van der Waals surface area (Å²) in [5, 5.41) is 3.35. The summed E-state index contributed by atoms with van der Waals surface area (Å²) in [5.74, 6) is 0. The summed E-state index contributed by atoms with van der Waals surface area (Å²) in [6.07, 6.45) is 6.15. The van der Waals surface area contributed by atoms with E-state index in [2.05, 4.69) is 29.9 Å². The standard InChI is InChI=1S/C14H22N2/c1-4-12(2)11-14(15-3)9-8-13-7-5-6-10-16-13/h5-7,10,14-15H,2,4,8-9,11H2,1,3H3. The van der Waals surface area contributed by atoms with Gasteiger partial charge in [-0.15, -0.1) is 0 Å². The summed E-state index contributed by atoms with van der Waals surface area (Å²) in [6.45, 7) is 6.22. The first-order valence-electron chi connectivity index (χ1n) is 6.00. The molecule has 1 atom stereocenters. The molecule has 2 nitrogen and oxygen atoms in total. The molecule has 0 spiro atoms. The van der Waals surface area contributed by atoms with Gasteiger partial charge in [-0.05, 0) is 44.9 Å². The second-order valence-corrected chi connectivity index (χ2v) is 4.15. The molecule has 0 bridgehead atoms. The Morgan fingerprint density at radius 3 is 2.88 bits per heavy atom. The molecule has 1 aromatic rings. The molecule has 1 unspecified atom stereocenters. The molecule has 0 radical (unpaired) electrons. The van der Waals surface area contributed by atoms with Gasteiger partial charge < -0.3 is 5.32 Å². The molecule has 1 aromatic heterocycles. The van der Waals surface area contributed by atoms with E-state index in [1.54, 1.807) is 0 Å². The Morgan fingerprint density at radius 2 is 2.31 bits per heavy atom. The number of aromatic nitrogens is 1. The predicted molar refractivity (Wildman–Crippen MR) is 69.5 cm³/mol. The lowest BCUT2D eigenvalue weighted by molar-refractivity contribution is 0.512. The summed E-state index contributed by atoms with van der Waals surface area (Å²) in [6, 6.07) is 6.61. The van der Waals surface area contributed by atoms with Crippen LogP contribution in [0.5, 0.6) is 0 Å². The highest BCUT2D eigenvalue weighted by molar-refractivity contribution is 5.04. The number of hydrogen-bond donors (Lipinski definition) is 1. The van der Waals surface area contributed by atoms with E-state index in [9.17, 15) is 0 Å². The van der Waals surface area contributed by atoms with Crippen molar-refractivity contribution in [1.29, 1.82) is 0 Å². The molecule has 1 heterocycles. The Bertz CT molecular complexity index is 306. The Morgan fingerprint density at radius 1 is 1.50 bits per heavy atom. The fraction of sp³-hybridized carbons (Fsp3) is 0.500. The summed E-state index contributed by atoms with van der Waals surface area (Å²) >= 11 is 0. The van der Waals surface area contributed by atoms with Gasteiger partial charge in [0, 0.05) is 17.9 Å². The van der Waals surface area contributed by atoms with Crippen LogP contribution < -0.4 is 5.32 Å². The molecule has 1 rings (SSSR count). The number of aryl methyl sites for hydroxylation is 1. The number of pyridine rings is 1. The third-order valence-corrected chi connectivity index (χ3v) is 2.92. The Labute approximate surface area is 98.8 Å². The van der Waals surface area contributed by atoms with Crippen molar-refractivity contribution < 1.29 is 0 Å². The third-order valence-electron chi connectivity index (χ3n) is 2.92. The molecule has 0 fully saturated rings. The average Bonchev–Trinajstić information content (AvgIpc) is 2.35. The van der Waals surface area contributed by atoms with Crippen molar-refractivity contribution in [2.75, 3.05) is 7.05 Å². The summed E-state index contributed by atoms with van der Waals surface area (Å²) in [4.78, 5) is 4.33. The molecular weight excluding hydrogens is 196 g/mol.